The molecule has 0 bridgehead atoms. The lowest BCUT2D eigenvalue weighted by Crippen LogP contribution is -1.98. The quantitative estimate of drug-likeness (QED) is 0.619. The van der Waals surface area contributed by atoms with Crippen LogP contribution in [0.1, 0.15) is 18.6 Å². The highest BCUT2D eigenvalue weighted by Crippen LogP contribution is 2.29. The Hall–Kier alpha value is -1.87. The third-order valence-electron chi connectivity index (χ3n) is 3.18. The Balaban J connectivity index is 1.90. The second-order valence-corrected chi connectivity index (χ2v) is 5.04. The van der Waals surface area contributed by atoms with Crippen molar-refractivity contribution < 1.29 is 9.32 Å². The molecule has 4 heteroatoms. The molecule has 0 N–H and O–H groups in total. The number of carbonyl (C=O) groups is 1. The number of halogens is 1. The fraction of sp³-hybridized carbons (Fsp3) is 0.200. The number of hydrogen-bond acceptors (Lipinski definition) is 3. The number of aromatic nitrogens is 1. The predicted molar refractivity (Wildman–Crippen MR) is 73.8 cm³/mol. The number of benzene rings is 1. The largest absolute Gasteiger partial charge is 0.356 e. The molecule has 2 aromatic rings. The van der Waals surface area contributed by atoms with Gasteiger partial charge in [-0.2, -0.15) is 0 Å². The first-order chi connectivity index (χ1) is 9.24. The van der Waals surface area contributed by atoms with Crippen molar-refractivity contribution in [1.82, 2.24) is 5.16 Å². The maximum atomic E-state index is 11.7. The molecule has 0 amide bonds. The Bertz CT molecular complexity index is 631. The minimum atomic E-state index is -0.210. The van der Waals surface area contributed by atoms with Crippen LogP contribution in [0.25, 0.3) is 17.3 Å². The molecule has 1 saturated carbocycles. The van der Waals surface area contributed by atoms with Gasteiger partial charge in [0.15, 0.2) is 11.5 Å². The first kappa shape index (κ1) is 12.2. The fourth-order valence-corrected chi connectivity index (χ4v) is 2.45. The summed E-state index contributed by atoms with van der Waals surface area (Å²) in [6.45, 7) is 0. The van der Waals surface area contributed by atoms with Gasteiger partial charge < -0.3 is 4.52 Å². The van der Waals surface area contributed by atoms with Crippen molar-refractivity contribution in [3.63, 3.8) is 0 Å². The first-order valence-corrected chi connectivity index (χ1v) is 6.58. The van der Waals surface area contributed by atoms with Crippen LogP contribution in [0.5, 0.6) is 0 Å². The highest BCUT2D eigenvalue weighted by Gasteiger charge is 2.27. The number of alkyl halides is 1. The second-order valence-electron chi connectivity index (χ2n) is 4.51. The van der Waals surface area contributed by atoms with Crippen molar-refractivity contribution in [1.29, 1.82) is 0 Å². The van der Waals surface area contributed by atoms with Crippen LogP contribution in [-0.2, 0) is 4.79 Å². The molecule has 1 aromatic carbocycles. The SMILES string of the molecule is O=C1CCC(Cl)/C1=C\c1cc(-c2ccccc2)no1. The summed E-state index contributed by atoms with van der Waals surface area (Å²) in [7, 11) is 0. The van der Waals surface area contributed by atoms with E-state index >= 15 is 0 Å². The zero-order valence-electron chi connectivity index (χ0n) is 10.2. The van der Waals surface area contributed by atoms with Gasteiger partial charge in [-0.15, -0.1) is 11.6 Å². The van der Waals surface area contributed by atoms with Gasteiger partial charge in [-0.05, 0) is 12.5 Å². The van der Waals surface area contributed by atoms with E-state index in [1.165, 1.54) is 0 Å². The summed E-state index contributed by atoms with van der Waals surface area (Å²) in [4.78, 5) is 11.7. The van der Waals surface area contributed by atoms with Gasteiger partial charge in [-0.25, -0.2) is 0 Å². The number of hydrogen-bond donors (Lipinski definition) is 0. The topological polar surface area (TPSA) is 43.1 Å². The highest BCUT2D eigenvalue weighted by atomic mass is 35.5. The summed E-state index contributed by atoms with van der Waals surface area (Å²) in [5.74, 6) is 0.660. The van der Waals surface area contributed by atoms with Crippen molar-refractivity contribution in [2.45, 2.75) is 18.2 Å². The maximum absolute atomic E-state index is 11.7. The van der Waals surface area contributed by atoms with Crippen LogP contribution >= 0.6 is 11.6 Å². The van der Waals surface area contributed by atoms with E-state index in [0.29, 0.717) is 24.2 Å². The molecule has 0 radical (unpaired) electrons. The monoisotopic (exact) mass is 273 g/mol. The minimum Gasteiger partial charge on any atom is -0.356 e. The number of allylic oxidation sites excluding steroid dienone is 1. The standard InChI is InChI=1S/C15H12ClNO2/c16-13-6-7-15(18)12(13)8-11-9-14(17-19-11)10-4-2-1-3-5-10/h1-5,8-9,13H,6-7H2/b12-8+. The molecule has 3 rings (SSSR count). The van der Waals surface area contributed by atoms with E-state index < -0.39 is 0 Å². The third-order valence-corrected chi connectivity index (χ3v) is 3.63. The number of ketones is 1. The molecule has 0 saturated heterocycles. The summed E-state index contributed by atoms with van der Waals surface area (Å²) >= 11 is 6.10. The number of carbonyl (C=O) groups excluding carboxylic acids is 1. The summed E-state index contributed by atoms with van der Waals surface area (Å²) in [5.41, 5.74) is 2.36. The maximum Gasteiger partial charge on any atom is 0.160 e. The molecule has 1 heterocycles. The van der Waals surface area contributed by atoms with Crippen LogP contribution < -0.4 is 0 Å². The Labute approximate surface area is 115 Å². The molecule has 1 fully saturated rings. The van der Waals surface area contributed by atoms with E-state index in [2.05, 4.69) is 5.16 Å². The van der Waals surface area contributed by atoms with Crippen LogP contribution in [-0.4, -0.2) is 16.3 Å². The number of nitrogens with zero attached hydrogens (tertiary/aromatic N) is 1. The molecule has 1 aliphatic carbocycles. The molecule has 0 spiro atoms. The van der Waals surface area contributed by atoms with Gasteiger partial charge >= 0.3 is 0 Å². The Morgan fingerprint density at radius 3 is 2.79 bits per heavy atom. The van der Waals surface area contributed by atoms with Crippen molar-refractivity contribution in [3.05, 3.63) is 47.7 Å². The van der Waals surface area contributed by atoms with Crippen LogP contribution in [0.2, 0.25) is 0 Å². The molecule has 1 unspecified atom stereocenters. The lowest BCUT2D eigenvalue weighted by atomic mass is 10.1. The molecule has 3 nitrogen and oxygen atoms in total. The van der Waals surface area contributed by atoms with Crippen molar-refractivity contribution in [2.24, 2.45) is 0 Å². The fourth-order valence-electron chi connectivity index (χ4n) is 2.16. The molecular formula is C15H12ClNO2. The summed E-state index contributed by atoms with van der Waals surface area (Å²) < 4.78 is 5.24. The molecule has 19 heavy (non-hydrogen) atoms. The van der Waals surface area contributed by atoms with Crippen LogP contribution in [0.4, 0.5) is 0 Å². The average molecular weight is 274 g/mol. The van der Waals surface area contributed by atoms with E-state index in [-0.39, 0.29) is 11.2 Å². The third kappa shape index (κ3) is 2.47. The smallest absolute Gasteiger partial charge is 0.160 e. The summed E-state index contributed by atoms with van der Waals surface area (Å²) in [6.07, 6.45) is 2.91. The number of Topliss-reactive ketones (excluding diaryl/α,β-unsaturated/α-hetero) is 1. The molecule has 1 aliphatic rings. The summed E-state index contributed by atoms with van der Waals surface area (Å²) in [5, 5.41) is 3.79. The van der Waals surface area contributed by atoms with E-state index in [0.717, 1.165) is 11.3 Å². The minimum absolute atomic E-state index is 0.0951. The lowest BCUT2D eigenvalue weighted by Gasteiger charge is -1.97. The average Bonchev–Trinajstić information content (AvgIpc) is 3.02. The lowest BCUT2D eigenvalue weighted by molar-refractivity contribution is -0.114. The molecule has 1 atom stereocenters. The predicted octanol–water partition coefficient (Wildman–Crippen LogP) is 3.70. The van der Waals surface area contributed by atoms with Gasteiger partial charge in [-0.3, -0.25) is 4.79 Å². The normalized spacial score (nSPS) is 21.2. The van der Waals surface area contributed by atoms with Gasteiger partial charge in [0.05, 0.1) is 5.38 Å². The van der Waals surface area contributed by atoms with Crippen LogP contribution in [0, 0.1) is 0 Å². The van der Waals surface area contributed by atoms with Gasteiger partial charge in [0.2, 0.25) is 0 Å². The number of rotatable bonds is 2. The second kappa shape index (κ2) is 5.02. The van der Waals surface area contributed by atoms with E-state index in [9.17, 15) is 4.79 Å². The van der Waals surface area contributed by atoms with Crippen molar-refractivity contribution >= 4 is 23.5 Å². The molecule has 96 valence electrons. The summed E-state index contributed by atoms with van der Waals surface area (Å²) in [6, 6.07) is 11.6. The van der Waals surface area contributed by atoms with Crippen LogP contribution in [0.15, 0.2) is 46.5 Å². The van der Waals surface area contributed by atoms with Gasteiger partial charge in [0, 0.05) is 23.6 Å². The Morgan fingerprint density at radius 1 is 1.32 bits per heavy atom. The van der Waals surface area contributed by atoms with Crippen molar-refractivity contribution in [3.8, 4) is 11.3 Å². The van der Waals surface area contributed by atoms with Crippen LogP contribution in [0.3, 0.4) is 0 Å². The zero-order chi connectivity index (χ0) is 13.2. The Kier molecular flexibility index (Phi) is 3.22. The highest BCUT2D eigenvalue weighted by molar-refractivity contribution is 6.28. The van der Waals surface area contributed by atoms with E-state index in [4.69, 9.17) is 16.1 Å². The molecular weight excluding hydrogens is 262 g/mol. The molecule has 1 aromatic heterocycles. The first-order valence-electron chi connectivity index (χ1n) is 6.15. The van der Waals surface area contributed by atoms with Gasteiger partial charge in [0.1, 0.15) is 5.69 Å². The van der Waals surface area contributed by atoms with Crippen molar-refractivity contribution in [2.75, 3.05) is 0 Å². The van der Waals surface area contributed by atoms with Gasteiger partial charge in [-0.1, -0.05) is 35.5 Å². The van der Waals surface area contributed by atoms with E-state index in [1.54, 1.807) is 6.08 Å². The zero-order valence-corrected chi connectivity index (χ0v) is 10.9. The van der Waals surface area contributed by atoms with Gasteiger partial charge in [0.25, 0.3) is 0 Å². The Morgan fingerprint density at radius 2 is 2.11 bits per heavy atom. The molecule has 0 aliphatic heterocycles. The van der Waals surface area contributed by atoms with E-state index in [1.807, 2.05) is 36.4 Å².